The van der Waals surface area contributed by atoms with E-state index in [2.05, 4.69) is 6.92 Å². The number of carbonyl (C=O) groups excluding carboxylic acids is 2. The van der Waals surface area contributed by atoms with Crippen LogP contribution in [0.1, 0.15) is 57.9 Å². The molecule has 1 heterocycles. The van der Waals surface area contributed by atoms with E-state index in [1.807, 2.05) is 42.2 Å². The predicted octanol–water partition coefficient (Wildman–Crippen LogP) is 3.58. The van der Waals surface area contributed by atoms with Gasteiger partial charge < -0.3 is 14.7 Å². The molecule has 1 aliphatic rings. The molecule has 156 valence electrons. The van der Waals surface area contributed by atoms with Crippen LogP contribution in [0, 0.1) is 0 Å². The standard InChI is InChI=1S/C22H34N2O4/c1-3-5-6-10-14-23(13-4-2)21(26)20-15-19(25)16-24(20)22(27)28-17-18-11-8-7-9-12-18/h7-9,11-12,19-20,25H,3-6,10,13-17H2,1-2H3/t19?,20-/m0/s1. The fourth-order valence-corrected chi connectivity index (χ4v) is 3.59. The number of carbonyl (C=O) groups is 2. The van der Waals surface area contributed by atoms with Crippen molar-refractivity contribution < 1.29 is 19.4 Å². The molecule has 1 N–H and O–H groups in total. The lowest BCUT2D eigenvalue weighted by Crippen LogP contribution is -2.48. The molecule has 1 unspecified atom stereocenters. The summed E-state index contributed by atoms with van der Waals surface area (Å²) < 4.78 is 5.40. The van der Waals surface area contributed by atoms with E-state index in [-0.39, 0.29) is 25.5 Å². The van der Waals surface area contributed by atoms with Crippen molar-refractivity contribution in [3.05, 3.63) is 35.9 Å². The van der Waals surface area contributed by atoms with Gasteiger partial charge in [0.1, 0.15) is 12.6 Å². The van der Waals surface area contributed by atoms with Crippen LogP contribution in [0.3, 0.4) is 0 Å². The summed E-state index contributed by atoms with van der Waals surface area (Å²) in [6, 6.07) is 8.80. The molecule has 0 aromatic heterocycles. The Morgan fingerprint density at radius 1 is 1.11 bits per heavy atom. The zero-order valence-corrected chi connectivity index (χ0v) is 17.2. The second-order valence-corrected chi connectivity index (χ2v) is 7.48. The van der Waals surface area contributed by atoms with Crippen LogP contribution in [0.5, 0.6) is 0 Å². The molecule has 0 radical (unpaired) electrons. The van der Waals surface area contributed by atoms with Gasteiger partial charge in [0.15, 0.2) is 0 Å². The summed E-state index contributed by atoms with van der Waals surface area (Å²) in [7, 11) is 0. The normalized spacial score (nSPS) is 18.9. The maximum absolute atomic E-state index is 13.1. The average Bonchev–Trinajstić information content (AvgIpc) is 3.10. The van der Waals surface area contributed by atoms with E-state index in [1.54, 1.807) is 0 Å². The first-order chi connectivity index (χ1) is 13.6. The van der Waals surface area contributed by atoms with Crippen molar-refractivity contribution in [2.75, 3.05) is 19.6 Å². The van der Waals surface area contributed by atoms with E-state index in [0.29, 0.717) is 13.1 Å². The molecule has 6 heteroatoms. The first-order valence-electron chi connectivity index (χ1n) is 10.5. The summed E-state index contributed by atoms with van der Waals surface area (Å²) in [5.41, 5.74) is 0.891. The van der Waals surface area contributed by atoms with Gasteiger partial charge in [0.25, 0.3) is 0 Å². The van der Waals surface area contributed by atoms with Crippen LogP contribution >= 0.6 is 0 Å². The maximum atomic E-state index is 13.1. The highest BCUT2D eigenvalue weighted by Gasteiger charge is 2.41. The quantitative estimate of drug-likeness (QED) is 0.620. The minimum Gasteiger partial charge on any atom is -0.445 e. The molecule has 2 amide bonds. The molecule has 2 atom stereocenters. The molecule has 1 aromatic rings. The van der Waals surface area contributed by atoms with E-state index in [1.165, 1.54) is 4.90 Å². The third-order valence-corrected chi connectivity index (χ3v) is 5.09. The van der Waals surface area contributed by atoms with E-state index < -0.39 is 18.2 Å². The van der Waals surface area contributed by atoms with Gasteiger partial charge in [0.2, 0.25) is 5.91 Å². The number of benzene rings is 1. The van der Waals surface area contributed by atoms with Crippen LogP contribution in [-0.4, -0.2) is 58.7 Å². The number of rotatable bonds is 10. The van der Waals surface area contributed by atoms with Gasteiger partial charge in [0.05, 0.1) is 12.6 Å². The van der Waals surface area contributed by atoms with Crippen LogP contribution < -0.4 is 0 Å². The van der Waals surface area contributed by atoms with E-state index in [4.69, 9.17) is 4.74 Å². The summed E-state index contributed by atoms with van der Waals surface area (Å²) in [6.45, 7) is 5.87. The van der Waals surface area contributed by atoms with E-state index in [0.717, 1.165) is 37.7 Å². The SMILES string of the molecule is CCCCCCN(CCC)C(=O)[C@@H]1CC(O)CN1C(=O)OCc1ccccc1. The third-order valence-electron chi connectivity index (χ3n) is 5.09. The molecule has 0 bridgehead atoms. The van der Waals surface area contributed by atoms with Gasteiger partial charge in [0, 0.05) is 19.5 Å². The van der Waals surface area contributed by atoms with Crippen LogP contribution in [0.4, 0.5) is 4.79 Å². The number of unbranched alkanes of at least 4 members (excludes halogenated alkanes) is 3. The summed E-state index contributed by atoms with van der Waals surface area (Å²) in [6.07, 6.45) is 4.28. The minimum atomic E-state index is -0.693. The number of amides is 2. The number of aliphatic hydroxyl groups excluding tert-OH is 1. The zero-order valence-electron chi connectivity index (χ0n) is 17.2. The van der Waals surface area contributed by atoms with Crippen molar-refractivity contribution in [1.29, 1.82) is 0 Å². The topological polar surface area (TPSA) is 70.1 Å². The molecule has 28 heavy (non-hydrogen) atoms. The number of hydrogen-bond donors (Lipinski definition) is 1. The Kier molecular flexibility index (Phi) is 9.28. The van der Waals surface area contributed by atoms with E-state index >= 15 is 0 Å². The fourth-order valence-electron chi connectivity index (χ4n) is 3.59. The molecule has 1 aliphatic heterocycles. The van der Waals surface area contributed by atoms with Gasteiger partial charge in [-0.3, -0.25) is 9.69 Å². The number of nitrogens with zero attached hydrogens (tertiary/aromatic N) is 2. The summed E-state index contributed by atoms with van der Waals surface area (Å²) in [5, 5.41) is 10.1. The molecule has 0 spiro atoms. The Bertz CT molecular complexity index is 608. The second kappa shape index (κ2) is 11.7. The van der Waals surface area contributed by atoms with Gasteiger partial charge in [-0.15, -0.1) is 0 Å². The Morgan fingerprint density at radius 2 is 1.86 bits per heavy atom. The summed E-state index contributed by atoms with van der Waals surface area (Å²) in [5.74, 6) is -0.0773. The Balaban J connectivity index is 1.97. The number of aliphatic hydroxyl groups is 1. The van der Waals surface area contributed by atoms with Crippen molar-refractivity contribution >= 4 is 12.0 Å². The molecule has 6 nitrogen and oxygen atoms in total. The summed E-state index contributed by atoms with van der Waals surface area (Å²) in [4.78, 5) is 28.9. The van der Waals surface area contributed by atoms with Crippen LogP contribution in [0.2, 0.25) is 0 Å². The molecule has 2 rings (SSSR count). The number of β-amino-alcohol motifs (C(OH)–C–C–N with tert-alkyl or cyclic N) is 1. The summed E-state index contributed by atoms with van der Waals surface area (Å²) >= 11 is 0. The molecular formula is C22H34N2O4. The Morgan fingerprint density at radius 3 is 2.54 bits per heavy atom. The van der Waals surface area contributed by atoms with Gasteiger partial charge >= 0.3 is 6.09 Å². The molecule has 1 saturated heterocycles. The van der Waals surface area contributed by atoms with E-state index in [9.17, 15) is 14.7 Å². The molecule has 0 aliphatic carbocycles. The number of likely N-dealkylation sites (tertiary alicyclic amines) is 1. The fraction of sp³-hybridized carbons (Fsp3) is 0.636. The predicted molar refractivity (Wildman–Crippen MR) is 109 cm³/mol. The zero-order chi connectivity index (χ0) is 20.4. The largest absolute Gasteiger partial charge is 0.445 e. The minimum absolute atomic E-state index is 0.0773. The van der Waals surface area contributed by atoms with Gasteiger partial charge in [-0.25, -0.2) is 4.79 Å². The Hall–Kier alpha value is -2.08. The van der Waals surface area contributed by atoms with Crippen molar-refractivity contribution in [3.8, 4) is 0 Å². The highest BCUT2D eigenvalue weighted by molar-refractivity contribution is 5.86. The average molecular weight is 391 g/mol. The first-order valence-corrected chi connectivity index (χ1v) is 10.5. The lowest BCUT2D eigenvalue weighted by molar-refractivity contribution is -0.135. The van der Waals surface area contributed by atoms with Crippen LogP contribution in [0.25, 0.3) is 0 Å². The highest BCUT2D eigenvalue weighted by atomic mass is 16.6. The number of ether oxygens (including phenoxy) is 1. The van der Waals surface area contributed by atoms with Crippen molar-refractivity contribution in [1.82, 2.24) is 9.80 Å². The maximum Gasteiger partial charge on any atom is 0.410 e. The van der Waals surface area contributed by atoms with Crippen LogP contribution in [-0.2, 0) is 16.1 Å². The smallest absolute Gasteiger partial charge is 0.410 e. The first kappa shape index (κ1) is 22.2. The lowest BCUT2D eigenvalue weighted by atomic mass is 10.1. The second-order valence-electron chi connectivity index (χ2n) is 7.48. The van der Waals surface area contributed by atoms with Crippen LogP contribution in [0.15, 0.2) is 30.3 Å². The lowest BCUT2D eigenvalue weighted by Gasteiger charge is -2.29. The molecule has 1 aromatic carbocycles. The van der Waals surface area contributed by atoms with Crippen molar-refractivity contribution in [3.63, 3.8) is 0 Å². The van der Waals surface area contributed by atoms with Crippen molar-refractivity contribution in [2.24, 2.45) is 0 Å². The van der Waals surface area contributed by atoms with Crippen molar-refractivity contribution in [2.45, 2.75) is 71.1 Å². The molecule has 1 fully saturated rings. The third kappa shape index (κ3) is 6.51. The van der Waals surface area contributed by atoms with Gasteiger partial charge in [-0.2, -0.15) is 0 Å². The Labute approximate surface area is 168 Å². The molecule has 0 saturated carbocycles. The van der Waals surface area contributed by atoms with Gasteiger partial charge in [-0.05, 0) is 18.4 Å². The molecular weight excluding hydrogens is 356 g/mol. The highest BCUT2D eigenvalue weighted by Crippen LogP contribution is 2.22. The monoisotopic (exact) mass is 390 g/mol. The van der Waals surface area contributed by atoms with Gasteiger partial charge in [-0.1, -0.05) is 63.4 Å². The number of hydrogen-bond acceptors (Lipinski definition) is 4.